The van der Waals surface area contributed by atoms with Crippen molar-refractivity contribution in [3.8, 4) is 0 Å². The number of carbonyl (C=O) groups excluding carboxylic acids is 2. The van der Waals surface area contributed by atoms with Gasteiger partial charge < -0.3 is 5.32 Å². The molecule has 1 N–H and O–H groups in total. The van der Waals surface area contributed by atoms with Gasteiger partial charge in [-0.25, -0.2) is 0 Å². The molecule has 1 amide bonds. The molecule has 5 heteroatoms. The van der Waals surface area contributed by atoms with Crippen molar-refractivity contribution >= 4 is 49.2 Å². The minimum absolute atomic E-state index is 0.128. The van der Waals surface area contributed by atoms with Crippen molar-refractivity contribution in [2.24, 2.45) is 0 Å². The first kappa shape index (κ1) is 14.9. The van der Waals surface area contributed by atoms with E-state index in [0.29, 0.717) is 16.8 Å². The molecule has 0 spiro atoms. The average Bonchev–Trinajstić information content (AvgIpc) is 2.47. The molecule has 0 saturated heterocycles. The predicted octanol–water partition coefficient (Wildman–Crippen LogP) is 4.01. The van der Waals surface area contributed by atoms with Crippen molar-refractivity contribution in [3.63, 3.8) is 0 Å². The first-order chi connectivity index (χ1) is 9.61. The van der Waals surface area contributed by atoms with E-state index in [2.05, 4.69) is 37.2 Å². The summed E-state index contributed by atoms with van der Waals surface area (Å²) >= 11 is 6.43. The number of ketones is 1. The molecule has 0 radical (unpaired) electrons. The quantitative estimate of drug-likeness (QED) is 0.626. The zero-order valence-electron chi connectivity index (χ0n) is 10.4. The van der Waals surface area contributed by atoms with Crippen molar-refractivity contribution in [2.45, 2.75) is 0 Å². The molecule has 20 heavy (non-hydrogen) atoms. The van der Waals surface area contributed by atoms with Crippen LogP contribution in [0.25, 0.3) is 0 Å². The second kappa shape index (κ2) is 6.81. The topological polar surface area (TPSA) is 46.2 Å². The lowest BCUT2D eigenvalue weighted by Crippen LogP contribution is -2.15. The molecule has 0 saturated carbocycles. The van der Waals surface area contributed by atoms with E-state index in [-0.39, 0.29) is 17.0 Å². The van der Waals surface area contributed by atoms with E-state index in [1.807, 2.05) is 6.07 Å². The highest BCUT2D eigenvalue weighted by Gasteiger charge is 2.14. The summed E-state index contributed by atoms with van der Waals surface area (Å²) in [7, 11) is 0. The molecular weight excluding hydrogens is 386 g/mol. The molecule has 0 aromatic heterocycles. The molecule has 0 bridgehead atoms. The Balaban J connectivity index is 2.37. The van der Waals surface area contributed by atoms with E-state index in [4.69, 9.17) is 0 Å². The normalized spacial score (nSPS) is 10.1. The van der Waals surface area contributed by atoms with Crippen LogP contribution < -0.4 is 5.32 Å². The van der Waals surface area contributed by atoms with Gasteiger partial charge in [-0.2, -0.15) is 0 Å². The predicted molar refractivity (Wildman–Crippen MR) is 86.4 cm³/mol. The fraction of sp³-hybridized carbons (Fsp3) is 0.0667. The third kappa shape index (κ3) is 3.55. The smallest absolute Gasteiger partial charge is 0.235 e. The molecule has 0 aliphatic heterocycles. The second-order valence-corrected chi connectivity index (χ2v) is 5.54. The number of para-hydroxylation sites is 1. The number of benzene rings is 2. The van der Waals surface area contributed by atoms with E-state index in [9.17, 15) is 9.59 Å². The van der Waals surface area contributed by atoms with Gasteiger partial charge in [-0.15, -0.1) is 0 Å². The van der Waals surface area contributed by atoms with Crippen LogP contribution in [0.5, 0.6) is 0 Å². The molecule has 0 aliphatic carbocycles. The van der Waals surface area contributed by atoms with Crippen molar-refractivity contribution < 1.29 is 9.59 Å². The van der Waals surface area contributed by atoms with Crippen LogP contribution in [0.1, 0.15) is 15.9 Å². The number of rotatable bonds is 4. The summed E-state index contributed by atoms with van der Waals surface area (Å²) in [5, 5.41) is 2.89. The maximum atomic E-state index is 12.5. The number of amides is 1. The molecule has 3 nitrogen and oxygen atoms in total. The number of nitrogens with one attached hydrogen (secondary N) is 1. The number of hydrogen-bond donors (Lipinski definition) is 1. The molecule has 2 rings (SSSR count). The lowest BCUT2D eigenvalue weighted by Gasteiger charge is -2.09. The zero-order valence-corrected chi connectivity index (χ0v) is 13.6. The van der Waals surface area contributed by atoms with Gasteiger partial charge in [0.1, 0.15) is 0 Å². The molecule has 0 fully saturated rings. The Kier molecular flexibility index (Phi) is 5.09. The third-order valence-corrected chi connectivity index (χ3v) is 3.66. The standard InChI is InChI=1S/C15H11Br2NO2/c16-9-14(19)18-13-7-2-1-6-12(13)15(20)10-4-3-5-11(17)8-10/h1-8H,9H2,(H,18,19). The fourth-order valence-corrected chi connectivity index (χ4v) is 2.30. The number of anilines is 1. The van der Waals surface area contributed by atoms with Crippen LogP contribution in [0, 0.1) is 0 Å². The molecule has 0 aliphatic rings. The Morgan fingerprint density at radius 3 is 2.50 bits per heavy atom. The molecular formula is C15H11Br2NO2. The first-order valence-corrected chi connectivity index (χ1v) is 7.78. The Labute approximate surface area is 133 Å². The minimum atomic E-state index is -0.195. The molecule has 0 atom stereocenters. The maximum absolute atomic E-state index is 12.5. The van der Waals surface area contributed by atoms with Gasteiger partial charge in [0.05, 0.1) is 11.0 Å². The highest BCUT2D eigenvalue weighted by Crippen LogP contribution is 2.21. The average molecular weight is 397 g/mol. The maximum Gasteiger partial charge on any atom is 0.235 e. The number of alkyl halides is 1. The van der Waals surface area contributed by atoms with Gasteiger partial charge in [0, 0.05) is 15.6 Å². The minimum Gasteiger partial charge on any atom is -0.325 e. The van der Waals surface area contributed by atoms with Crippen LogP contribution in [0.15, 0.2) is 53.0 Å². The van der Waals surface area contributed by atoms with Crippen molar-refractivity contribution in [1.82, 2.24) is 0 Å². The van der Waals surface area contributed by atoms with Crippen LogP contribution >= 0.6 is 31.9 Å². The van der Waals surface area contributed by atoms with Crippen molar-refractivity contribution in [3.05, 3.63) is 64.1 Å². The summed E-state index contributed by atoms with van der Waals surface area (Å²) in [5.41, 5.74) is 1.56. The number of carbonyl (C=O) groups is 2. The van der Waals surface area contributed by atoms with Crippen LogP contribution in [0.3, 0.4) is 0 Å². The van der Waals surface area contributed by atoms with E-state index in [1.54, 1.807) is 42.5 Å². The summed E-state index contributed by atoms with van der Waals surface area (Å²) in [5.74, 6) is -0.323. The summed E-state index contributed by atoms with van der Waals surface area (Å²) in [6.07, 6.45) is 0. The molecule has 102 valence electrons. The van der Waals surface area contributed by atoms with Crippen LogP contribution in [0.4, 0.5) is 5.69 Å². The molecule has 2 aromatic rings. The molecule has 0 heterocycles. The van der Waals surface area contributed by atoms with Crippen LogP contribution in [0.2, 0.25) is 0 Å². The molecule has 0 unspecified atom stereocenters. The van der Waals surface area contributed by atoms with Gasteiger partial charge in [0.2, 0.25) is 5.91 Å². The number of hydrogen-bond acceptors (Lipinski definition) is 2. The molecule has 2 aromatic carbocycles. The van der Waals surface area contributed by atoms with Gasteiger partial charge >= 0.3 is 0 Å². The van der Waals surface area contributed by atoms with E-state index < -0.39 is 0 Å². The van der Waals surface area contributed by atoms with E-state index in [0.717, 1.165) is 4.47 Å². The highest BCUT2D eigenvalue weighted by molar-refractivity contribution is 9.10. The monoisotopic (exact) mass is 395 g/mol. The Morgan fingerprint density at radius 1 is 1.05 bits per heavy atom. The van der Waals surface area contributed by atoms with Crippen molar-refractivity contribution in [1.29, 1.82) is 0 Å². The van der Waals surface area contributed by atoms with E-state index >= 15 is 0 Å². The first-order valence-electron chi connectivity index (χ1n) is 5.87. The van der Waals surface area contributed by atoms with Gasteiger partial charge in [-0.3, -0.25) is 9.59 Å². The van der Waals surface area contributed by atoms with Gasteiger partial charge in [0.15, 0.2) is 5.78 Å². The van der Waals surface area contributed by atoms with Gasteiger partial charge in [-0.1, -0.05) is 56.1 Å². The lowest BCUT2D eigenvalue weighted by atomic mass is 10.0. The fourth-order valence-electron chi connectivity index (χ4n) is 1.76. The van der Waals surface area contributed by atoms with Gasteiger partial charge in [0.25, 0.3) is 0 Å². The lowest BCUT2D eigenvalue weighted by molar-refractivity contribution is -0.113. The Hall–Kier alpha value is -1.46. The van der Waals surface area contributed by atoms with E-state index in [1.165, 1.54) is 0 Å². The SMILES string of the molecule is O=C(CBr)Nc1ccccc1C(=O)c1cccc(Br)c1. The van der Waals surface area contributed by atoms with Crippen LogP contribution in [-0.2, 0) is 4.79 Å². The summed E-state index contributed by atoms with van der Waals surface area (Å²) < 4.78 is 0.838. The van der Waals surface area contributed by atoms with Crippen molar-refractivity contribution in [2.75, 3.05) is 10.6 Å². The Bertz CT molecular complexity index is 656. The second-order valence-electron chi connectivity index (χ2n) is 4.07. The summed E-state index contributed by atoms with van der Waals surface area (Å²) in [4.78, 5) is 24.0. The Morgan fingerprint density at radius 2 is 1.80 bits per heavy atom. The zero-order chi connectivity index (χ0) is 14.5. The largest absolute Gasteiger partial charge is 0.325 e. The van der Waals surface area contributed by atoms with Crippen LogP contribution in [-0.4, -0.2) is 17.0 Å². The summed E-state index contributed by atoms with van der Waals surface area (Å²) in [6, 6.07) is 14.1. The summed E-state index contributed by atoms with van der Waals surface area (Å²) in [6.45, 7) is 0. The number of halogens is 2. The highest BCUT2D eigenvalue weighted by atomic mass is 79.9. The van der Waals surface area contributed by atoms with Gasteiger partial charge in [-0.05, 0) is 24.3 Å². The third-order valence-electron chi connectivity index (χ3n) is 2.65.